The molecule has 1 amide bonds. The maximum atomic E-state index is 13.4. The van der Waals surface area contributed by atoms with Gasteiger partial charge in [-0.25, -0.2) is 17.9 Å². The van der Waals surface area contributed by atoms with Crippen molar-refractivity contribution in [3.8, 4) is 0 Å². The number of nitrogens with one attached hydrogen (secondary N) is 1. The van der Waals surface area contributed by atoms with Gasteiger partial charge >= 0.3 is 6.18 Å². The Balaban J connectivity index is 3.00. The van der Waals surface area contributed by atoms with Crippen LogP contribution in [0.25, 0.3) is 0 Å². The Morgan fingerprint density at radius 1 is 1.33 bits per heavy atom. The van der Waals surface area contributed by atoms with Crippen molar-refractivity contribution in [2.24, 2.45) is 5.14 Å². The minimum Gasteiger partial charge on any atom is -0.352 e. The van der Waals surface area contributed by atoms with Gasteiger partial charge in [0.25, 0.3) is 5.91 Å². The topological polar surface area (TPSA) is 89.3 Å². The Bertz CT molecular complexity index is 661. The lowest BCUT2D eigenvalue weighted by atomic mass is 10.2. The molecule has 0 radical (unpaired) electrons. The van der Waals surface area contributed by atoms with E-state index in [1.165, 1.54) is 0 Å². The van der Waals surface area contributed by atoms with E-state index in [4.69, 9.17) is 16.7 Å². The van der Waals surface area contributed by atoms with Gasteiger partial charge in [0.1, 0.15) is 10.7 Å². The van der Waals surface area contributed by atoms with Crippen LogP contribution in [0.1, 0.15) is 16.8 Å². The van der Waals surface area contributed by atoms with E-state index in [9.17, 15) is 30.8 Å². The maximum Gasteiger partial charge on any atom is 0.390 e. The molecule has 118 valence electrons. The predicted molar refractivity (Wildman–Crippen MR) is 65.8 cm³/mol. The highest BCUT2D eigenvalue weighted by Crippen LogP contribution is 2.23. The van der Waals surface area contributed by atoms with Crippen molar-refractivity contribution in [2.45, 2.75) is 17.5 Å². The van der Waals surface area contributed by atoms with Crippen molar-refractivity contribution in [3.63, 3.8) is 0 Å². The molecule has 11 heteroatoms. The van der Waals surface area contributed by atoms with Gasteiger partial charge in [-0.05, 0) is 12.1 Å². The number of rotatable bonds is 4. The van der Waals surface area contributed by atoms with Crippen molar-refractivity contribution in [2.75, 3.05) is 6.54 Å². The number of hydrogen-bond acceptors (Lipinski definition) is 3. The van der Waals surface area contributed by atoms with Crippen LogP contribution in [0, 0.1) is 5.82 Å². The smallest absolute Gasteiger partial charge is 0.352 e. The van der Waals surface area contributed by atoms with Crippen molar-refractivity contribution in [1.29, 1.82) is 0 Å². The zero-order valence-corrected chi connectivity index (χ0v) is 11.7. The summed E-state index contributed by atoms with van der Waals surface area (Å²) < 4.78 is 71.4. The molecule has 3 N–H and O–H groups in total. The molecular formula is C10H9ClF4N2O3S. The largest absolute Gasteiger partial charge is 0.390 e. The standard InChI is InChI=1S/C10H9ClF4N2O3S/c11-6-4-7(12)8(21(16,19)20)3-5(6)9(18)17-2-1-10(13,14)15/h3-4H,1-2H2,(H,17,18)(H2,16,19,20). The molecule has 0 saturated heterocycles. The van der Waals surface area contributed by atoms with Gasteiger partial charge in [0, 0.05) is 6.54 Å². The molecule has 0 saturated carbocycles. The summed E-state index contributed by atoms with van der Waals surface area (Å²) in [6, 6.07) is 1.11. The second kappa shape index (κ2) is 6.16. The lowest BCUT2D eigenvalue weighted by molar-refractivity contribution is -0.132. The number of amides is 1. The molecule has 0 atom stereocenters. The zero-order valence-electron chi connectivity index (χ0n) is 10.2. The van der Waals surface area contributed by atoms with Crippen LogP contribution in [0.15, 0.2) is 17.0 Å². The lowest BCUT2D eigenvalue weighted by Gasteiger charge is -2.10. The average molecular weight is 349 g/mol. The Hall–Kier alpha value is -1.39. The Labute approximate surface area is 122 Å². The number of carbonyl (C=O) groups excluding carboxylic acids is 1. The molecule has 0 spiro atoms. The third kappa shape index (κ3) is 5.14. The Morgan fingerprint density at radius 3 is 2.38 bits per heavy atom. The monoisotopic (exact) mass is 348 g/mol. The summed E-state index contributed by atoms with van der Waals surface area (Å²) in [5.41, 5.74) is -0.496. The molecular weight excluding hydrogens is 340 g/mol. The van der Waals surface area contributed by atoms with Crippen LogP contribution in [-0.4, -0.2) is 27.0 Å². The van der Waals surface area contributed by atoms with Crippen LogP contribution < -0.4 is 10.5 Å². The predicted octanol–water partition coefficient (Wildman–Crippen LogP) is 1.81. The normalized spacial score (nSPS) is 12.3. The Kier molecular flexibility index (Phi) is 5.18. The third-order valence-electron chi connectivity index (χ3n) is 2.27. The minimum absolute atomic E-state index is 0.454. The summed E-state index contributed by atoms with van der Waals surface area (Å²) in [6.07, 6.45) is -5.74. The van der Waals surface area contributed by atoms with Crippen molar-refractivity contribution in [1.82, 2.24) is 5.32 Å². The zero-order chi connectivity index (χ0) is 16.4. The second-order valence-electron chi connectivity index (χ2n) is 3.93. The average Bonchev–Trinajstić information content (AvgIpc) is 2.24. The Morgan fingerprint density at radius 2 is 1.90 bits per heavy atom. The number of carbonyl (C=O) groups is 1. The molecule has 0 aromatic heterocycles. The number of sulfonamides is 1. The van der Waals surface area contributed by atoms with Crippen LogP contribution >= 0.6 is 11.6 Å². The number of primary sulfonamides is 1. The first-order valence-electron chi connectivity index (χ1n) is 5.28. The van der Waals surface area contributed by atoms with Gasteiger partial charge in [0.2, 0.25) is 10.0 Å². The third-order valence-corrected chi connectivity index (χ3v) is 3.51. The maximum absolute atomic E-state index is 13.4. The second-order valence-corrected chi connectivity index (χ2v) is 5.87. The van der Waals surface area contributed by atoms with Gasteiger partial charge in [-0.1, -0.05) is 11.6 Å². The highest BCUT2D eigenvalue weighted by molar-refractivity contribution is 7.89. The van der Waals surface area contributed by atoms with Crippen LogP contribution in [0.4, 0.5) is 17.6 Å². The van der Waals surface area contributed by atoms with E-state index >= 15 is 0 Å². The van der Waals surface area contributed by atoms with Crippen LogP contribution in [0.3, 0.4) is 0 Å². The first-order valence-corrected chi connectivity index (χ1v) is 7.21. The quantitative estimate of drug-likeness (QED) is 0.813. The molecule has 21 heavy (non-hydrogen) atoms. The SMILES string of the molecule is NS(=O)(=O)c1cc(C(=O)NCCC(F)(F)F)c(Cl)cc1F. The van der Waals surface area contributed by atoms with Crippen molar-refractivity contribution in [3.05, 3.63) is 28.5 Å². The molecule has 1 aromatic carbocycles. The fraction of sp³-hybridized carbons (Fsp3) is 0.300. The molecule has 0 aliphatic rings. The van der Waals surface area contributed by atoms with E-state index in [0.29, 0.717) is 12.1 Å². The van der Waals surface area contributed by atoms with Gasteiger partial charge in [-0.15, -0.1) is 0 Å². The summed E-state index contributed by atoms with van der Waals surface area (Å²) in [7, 11) is -4.44. The van der Waals surface area contributed by atoms with Crippen molar-refractivity contribution >= 4 is 27.5 Å². The first-order chi connectivity index (χ1) is 9.42. The fourth-order valence-corrected chi connectivity index (χ4v) is 2.18. The van der Waals surface area contributed by atoms with E-state index in [1.807, 2.05) is 5.32 Å². The molecule has 5 nitrogen and oxygen atoms in total. The molecule has 0 unspecified atom stereocenters. The number of halogens is 5. The molecule has 1 rings (SSSR count). The van der Waals surface area contributed by atoms with Gasteiger partial charge in [0.15, 0.2) is 0 Å². The summed E-state index contributed by atoms with van der Waals surface area (Å²) in [6.45, 7) is -0.735. The molecule has 0 aliphatic carbocycles. The summed E-state index contributed by atoms with van der Waals surface area (Å²) >= 11 is 5.56. The summed E-state index contributed by atoms with van der Waals surface area (Å²) in [5, 5.41) is 6.18. The van der Waals surface area contributed by atoms with E-state index in [1.54, 1.807) is 0 Å². The number of alkyl halides is 3. The fourth-order valence-electron chi connectivity index (χ4n) is 1.33. The molecule has 0 heterocycles. The van der Waals surface area contributed by atoms with E-state index in [-0.39, 0.29) is 0 Å². The van der Waals surface area contributed by atoms with Crippen LogP contribution in [0.5, 0.6) is 0 Å². The van der Waals surface area contributed by atoms with Gasteiger partial charge in [-0.3, -0.25) is 4.79 Å². The summed E-state index contributed by atoms with van der Waals surface area (Å²) in [5.74, 6) is -2.34. The van der Waals surface area contributed by atoms with Crippen LogP contribution in [-0.2, 0) is 10.0 Å². The highest BCUT2D eigenvalue weighted by atomic mass is 35.5. The first kappa shape index (κ1) is 17.7. The van der Waals surface area contributed by atoms with Crippen LogP contribution in [0.2, 0.25) is 5.02 Å². The van der Waals surface area contributed by atoms with E-state index in [2.05, 4.69) is 0 Å². The number of nitrogens with two attached hydrogens (primary N) is 1. The van der Waals surface area contributed by atoms with E-state index < -0.39 is 56.4 Å². The minimum atomic E-state index is -4.47. The highest BCUT2D eigenvalue weighted by Gasteiger charge is 2.27. The number of benzene rings is 1. The summed E-state index contributed by atoms with van der Waals surface area (Å²) in [4.78, 5) is 10.6. The van der Waals surface area contributed by atoms with Gasteiger partial charge < -0.3 is 5.32 Å². The van der Waals surface area contributed by atoms with Gasteiger partial charge in [0.05, 0.1) is 17.0 Å². The molecule has 0 bridgehead atoms. The molecule has 1 aromatic rings. The molecule has 0 aliphatic heterocycles. The number of hydrogen-bond donors (Lipinski definition) is 2. The van der Waals surface area contributed by atoms with E-state index in [0.717, 1.165) is 0 Å². The molecule has 0 fully saturated rings. The van der Waals surface area contributed by atoms with Gasteiger partial charge in [-0.2, -0.15) is 13.2 Å². The van der Waals surface area contributed by atoms with Crippen molar-refractivity contribution < 1.29 is 30.8 Å². The lowest BCUT2D eigenvalue weighted by Crippen LogP contribution is -2.28.